The zero-order chi connectivity index (χ0) is 13.2. The number of carbonyl (C=O) groups is 1. The Morgan fingerprint density at radius 3 is 2.61 bits per heavy atom. The lowest BCUT2D eigenvalue weighted by Crippen LogP contribution is -2.32. The summed E-state index contributed by atoms with van der Waals surface area (Å²) in [5.74, 6) is 0.0681. The van der Waals surface area contributed by atoms with Gasteiger partial charge >= 0.3 is 0 Å². The maximum absolute atomic E-state index is 12.2. The fraction of sp³-hybridized carbons (Fsp3) is 0.667. The molecule has 1 N–H and O–H groups in total. The Balaban J connectivity index is 2.09. The summed E-state index contributed by atoms with van der Waals surface area (Å²) in [6.45, 7) is 4.06. The molecule has 1 heterocycles. The molecule has 1 saturated carbocycles. The van der Waals surface area contributed by atoms with Crippen molar-refractivity contribution in [2.24, 2.45) is 5.41 Å². The van der Waals surface area contributed by atoms with Crippen LogP contribution in [-0.4, -0.2) is 16.1 Å². The molecule has 5 nitrogen and oxygen atoms in total. The quantitative estimate of drug-likeness (QED) is 0.910. The lowest BCUT2D eigenvalue weighted by atomic mass is 9.87. The van der Waals surface area contributed by atoms with E-state index < -0.39 is 5.41 Å². The summed E-state index contributed by atoms with van der Waals surface area (Å²) in [6.07, 6.45) is 3.17. The van der Waals surface area contributed by atoms with Crippen molar-refractivity contribution < 1.29 is 4.79 Å². The third-order valence-corrected chi connectivity index (χ3v) is 4.40. The number of nitrogens with one attached hydrogen (secondary N) is 1. The average molecular weight is 264 g/mol. The molecule has 1 aromatic rings. The molecule has 1 amide bonds. The van der Waals surface area contributed by atoms with Gasteiger partial charge in [-0.3, -0.25) is 10.1 Å². The zero-order valence-electron chi connectivity index (χ0n) is 10.6. The van der Waals surface area contributed by atoms with Crippen LogP contribution in [0, 0.1) is 16.7 Å². The molecular formula is C12H16N4OS. The van der Waals surface area contributed by atoms with E-state index in [1.54, 1.807) is 0 Å². The molecule has 1 aliphatic carbocycles. The Morgan fingerprint density at radius 2 is 2.11 bits per heavy atom. The van der Waals surface area contributed by atoms with Gasteiger partial charge < -0.3 is 0 Å². The first-order valence-corrected chi connectivity index (χ1v) is 6.95. The molecule has 0 spiro atoms. The van der Waals surface area contributed by atoms with E-state index in [1.165, 1.54) is 11.3 Å². The molecule has 1 aromatic heterocycles. The minimum atomic E-state index is -0.857. The van der Waals surface area contributed by atoms with Crippen molar-refractivity contribution in [3.63, 3.8) is 0 Å². The van der Waals surface area contributed by atoms with Crippen molar-refractivity contribution in [2.75, 3.05) is 5.32 Å². The van der Waals surface area contributed by atoms with Crippen molar-refractivity contribution in [1.29, 1.82) is 5.26 Å². The molecule has 96 valence electrons. The molecular weight excluding hydrogens is 248 g/mol. The first kappa shape index (κ1) is 13.0. The molecule has 0 saturated heterocycles. The predicted molar refractivity (Wildman–Crippen MR) is 69.1 cm³/mol. The average Bonchev–Trinajstić information content (AvgIpc) is 2.97. The Kier molecular flexibility index (Phi) is 3.62. The minimum absolute atomic E-state index is 0.228. The molecule has 0 aromatic carbocycles. The van der Waals surface area contributed by atoms with E-state index in [9.17, 15) is 10.1 Å². The van der Waals surface area contributed by atoms with E-state index in [0.717, 1.165) is 17.8 Å². The Labute approximate surface area is 110 Å². The zero-order valence-corrected chi connectivity index (χ0v) is 11.4. The van der Waals surface area contributed by atoms with E-state index in [4.69, 9.17) is 0 Å². The maximum atomic E-state index is 12.2. The summed E-state index contributed by atoms with van der Waals surface area (Å²) >= 11 is 1.37. The van der Waals surface area contributed by atoms with Crippen LogP contribution in [0.5, 0.6) is 0 Å². The smallest absolute Gasteiger partial charge is 0.246 e. The largest absolute Gasteiger partial charge is 0.299 e. The van der Waals surface area contributed by atoms with Gasteiger partial charge in [0.25, 0.3) is 0 Å². The van der Waals surface area contributed by atoms with Crippen molar-refractivity contribution in [1.82, 2.24) is 10.2 Å². The van der Waals surface area contributed by atoms with Gasteiger partial charge in [0, 0.05) is 5.92 Å². The number of nitriles is 1. The van der Waals surface area contributed by atoms with Crippen LogP contribution in [-0.2, 0) is 4.79 Å². The highest BCUT2D eigenvalue weighted by molar-refractivity contribution is 7.15. The van der Waals surface area contributed by atoms with Crippen LogP contribution < -0.4 is 5.32 Å². The molecule has 0 aliphatic heterocycles. The van der Waals surface area contributed by atoms with E-state index in [-0.39, 0.29) is 5.91 Å². The van der Waals surface area contributed by atoms with Crippen LogP contribution >= 0.6 is 11.3 Å². The highest BCUT2D eigenvalue weighted by Crippen LogP contribution is 2.38. The Bertz CT molecular complexity index is 483. The monoisotopic (exact) mass is 264 g/mol. The predicted octanol–water partition coefficient (Wildman–Crippen LogP) is 2.68. The second-order valence-corrected chi connectivity index (χ2v) is 5.96. The summed E-state index contributed by atoms with van der Waals surface area (Å²) in [4.78, 5) is 12.2. The Morgan fingerprint density at radius 1 is 1.44 bits per heavy atom. The summed E-state index contributed by atoms with van der Waals surface area (Å²) < 4.78 is 0. The summed E-state index contributed by atoms with van der Waals surface area (Å²) in [5, 5.41) is 21.3. The molecule has 0 atom stereocenters. The lowest BCUT2D eigenvalue weighted by Gasteiger charge is -2.17. The third kappa shape index (κ3) is 2.36. The SMILES string of the molecule is CC(C)c1nnc(NC(=O)C2(C#N)CCCC2)s1. The number of carbonyl (C=O) groups excluding carboxylic acids is 1. The fourth-order valence-corrected chi connectivity index (χ4v) is 2.84. The van der Waals surface area contributed by atoms with E-state index >= 15 is 0 Å². The number of nitrogens with zero attached hydrogens (tertiary/aromatic N) is 3. The van der Waals surface area contributed by atoms with Gasteiger partial charge in [0.2, 0.25) is 11.0 Å². The molecule has 0 bridgehead atoms. The molecule has 0 radical (unpaired) electrons. The molecule has 0 unspecified atom stereocenters. The minimum Gasteiger partial charge on any atom is -0.299 e. The number of amides is 1. The maximum Gasteiger partial charge on any atom is 0.246 e. The summed E-state index contributed by atoms with van der Waals surface area (Å²) in [7, 11) is 0. The van der Waals surface area contributed by atoms with Crippen LogP contribution in [0.2, 0.25) is 0 Å². The van der Waals surface area contributed by atoms with Gasteiger partial charge in [-0.1, -0.05) is 38.0 Å². The van der Waals surface area contributed by atoms with Crippen LogP contribution in [0.1, 0.15) is 50.5 Å². The normalized spacial score (nSPS) is 17.7. The van der Waals surface area contributed by atoms with Gasteiger partial charge in [0.15, 0.2) is 0 Å². The molecule has 1 fully saturated rings. The molecule has 18 heavy (non-hydrogen) atoms. The number of hydrogen-bond acceptors (Lipinski definition) is 5. The fourth-order valence-electron chi connectivity index (χ4n) is 2.10. The first-order chi connectivity index (χ1) is 8.57. The van der Waals surface area contributed by atoms with Gasteiger partial charge in [-0.15, -0.1) is 10.2 Å². The molecule has 2 rings (SSSR count). The van der Waals surface area contributed by atoms with Crippen molar-refractivity contribution in [3.8, 4) is 6.07 Å². The van der Waals surface area contributed by atoms with Gasteiger partial charge in [-0.25, -0.2) is 0 Å². The molecule has 1 aliphatic rings. The number of aromatic nitrogens is 2. The topological polar surface area (TPSA) is 78.7 Å². The Hall–Kier alpha value is -1.48. The first-order valence-electron chi connectivity index (χ1n) is 6.13. The van der Waals surface area contributed by atoms with Crippen LogP contribution in [0.3, 0.4) is 0 Å². The summed E-state index contributed by atoms with van der Waals surface area (Å²) in [5.41, 5.74) is -0.857. The standard InChI is InChI=1S/C12H16N4OS/c1-8(2)9-15-16-11(18-9)14-10(17)12(7-13)5-3-4-6-12/h8H,3-6H2,1-2H3,(H,14,16,17). The third-order valence-electron chi connectivity index (χ3n) is 3.26. The second-order valence-electron chi connectivity index (χ2n) is 4.96. The highest BCUT2D eigenvalue weighted by Gasteiger charge is 2.41. The van der Waals surface area contributed by atoms with Gasteiger partial charge in [0.1, 0.15) is 10.4 Å². The number of anilines is 1. The van der Waals surface area contributed by atoms with E-state index in [2.05, 4.69) is 21.6 Å². The molecule has 6 heteroatoms. The summed E-state index contributed by atoms with van der Waals surface area (Å²) in [6, 6.07) is 2.17. The van der Waals surface area contributed by atoms with E-state index in [1.807, 2.05) is 13.8 Å². The van der Waals surface area contributed by atoms with E-state index in [0.29, 0.717) is 23.9 Å². The van der Waals surface area contributed by atoms with Crippen molar-refractivity contribution in [2.45, 2.75) is 45.4 Å². The van der Waals surface area contributed by atoms with Crippen LogP contribution in [0.15, 0.2) is 0 Å². The highest BCUT2D eigenvalue weighted by atomic mass is 32.1. The van der Waals surface area contributed by atoms with Gasteiger partial charge in [-0.2, -0.15) is 5.26 Å². The second kappa shape index (κ2) is 5.02. The van der Waals surface area contributed by atoms with Gasteiger partial charge in [0.05, 0.1) is 6.07 Å². The lowest BCUT2D eigenvalue weighted by molar-refractivity contribution is -0.122. The van der Waals surface area contributed by atoms with Crippen LogP contribution in [0.25, 0.3) is 0 Å². The number of rotatable bonds is 3. The van der Waals surface area contributed by atoms with Crippen molar-refractivity contribution >= 4 is 22.4 Å². The number of hydrogen-bond donors (Lipinski definition) is 1. The van der Waals surface area contributed by atoms with Crippen LogP contribution in [0.4, 0.5) is 5.13 Å². The van der Waals surface area contributed by atoms with Crippen molar-refractivity contribution in [3.05, 3.63) is 5.01 Å². The van der Waals surface area contributed by atoms with Gasteiger partial charge in [-0.05, 0) is 12.8 Å².